The van der Waals surface area contributed by atoms with Crippen LogP contribution in [0.4, 0.5) is 4.79 Å². The number of allylic oxidation sites excluding steroid dienone is 2. The van der Waals surface area contributed by atoms with E-state index in [0.717, 1.165) is 29.0 Å². The Bertz CT molecular complexity index is 858. The summed E-state index contributed by atoms with van der Waals surface area (Å²) in [6.45, 7) is 1.35. The fourth-order valence-electron chi connectivity index (χ4n) is 2.91. The van der Waals surface area contributed by atoms with Crippen molar-refractivity contribution in [3.05, 3.63) is 77.6 Å². The maximum absolute atomic E-state index is 12.0. The molecule has 2 aliphatic heterocycles. The molecule has 0 N–H and O–H groups in total. The monoisotopic (exact) mass is 349 g/mol. The van der Waals surface area contributed by atoms with E-state index in [0.29, 0.717) is 18.8 Å². The van der Waals surface area contributed by atoms with Gasteiger partial charge in [0.2, 0.25) is 6.79 Å². The standard InChI is InChI=1S/C21H19NO4/c23-21-22(12-11-17-9-10-19-20(13-17)25-15-24-19)14-18(26-21)8-4-7-16-5-2-1-3-6-16/h1-10,13H,11-12,14-15H2/b7-4+,18-8+. The van der Waals surface area contributed by atoms with Crippen LogP contribution in [0.25, 0.3) is 6.08 Å². The lowest BCUT2D eigenvalue weighted by molar-refractivity contribution is 0.169. The van der Waals surface area contributed by atoms with E-state index in [1.165, 1.54) is 0 Å². The van der Waals surface area contributed by atoms with Gasteiger partial charge in [0, 0.05) is 6.54 Å². The van der Waals surface area contributed by atoms with E-state index >= 15 is 0 Å². The highest BCUT2D eigenvalue weighted by Crippen LogP contribution is 2.32. The molecule has 1 saturated heterocycles. The summed E-state index contributed by atoms with van der Waals surface area (Å²) in [5, 5.41) is 0. The largest absolute Gasteiger partial charge is 0.454 e. The molecule has 5 heteroatoms. The van der Waals surface area contributed by atoms with Crippen molar-refractivity contribution in [2.45, 2.75) is 6.42 Å². The predicted octanol–water partition coefficient (Wildman–Crippen LogP) is 4.01. The molecule has 2 aliphatic rings. The number of fused-ring (bicyclic) bond motifs is 1. The minimum atomic E-state index is -0.301. The molecular formula is C21H19NO4. The summed E-state index contributed by atoms with van der Waals surface area (Å²) >= 11 is 0. The van der Waals surface area contributed by atoms with Crippen LogP contribution in [-0.4, -0.2) is 30.9 Å². The van der Waals surface area contributed by atoms with Crippen LogP contribution < -0.4 is 9.47 Å². The van der Waals surface area contributed by atoms with Crippen LogP contribution in [0, 0.1) is 0 Å². The van der Waals surface area contributed by atoms with E-state index in [-0.39, 0.29) is 12.9 Å². The van der Waals surface area contributed by atoms with E-state index in [1.807, 2.05) is 66.8 Å². The van der Waals surface area contributed by atoms with E-state index < -0.39 is 0 Å². The Labute approximate surface area is 152 Å². The minimum absolute atomic E-state index is 0.266. The normalized spacial score (nSPS) is 17.3. The third-order valence-electron chi connectivity index (χ3n) is 4.30. The molecule has 1 fully saturated rings. The molecule has 0 aliphatic carbocycles. The lowest BCUT2D eigenvalue weighted by Crippen LogP contribution is -2.26. The van der Waals surface area contributed by atoms with Crippen molar-refractivity contribution >= 4 is 12.2 Å². The summed E-state index contributed by atoms with van der Waals surface area (Å²) in [4.78, 5) is 13.7. The molecule has 0 radical (unpaired) electrons. The summed E-state index contributed by atoms with van der Waals surface area (Å²) in [6, 6.07) is 15.9. The van der Waals surface area contributed by atoms with Gasteiger partial charge in [0.1, 0.15) is 5.76 Å². The molecule has 0 bridgehead atoms. The van der Waals surface area contributed by atoms with Gasteiger partial charge in [-0.3, -0.25) is 0 Å². The Morgan fingerprint density at radius 3 is 2.77 bits per heavy atom. The number of ether oxygens (including phenoxy) is 3. The summed E-state index contributed by atoms with van der Waals surface area (Å²) in [5.41, 5.74) is 2.21. The summed E-state index contributed by atoms with van der Waals surface area (Å²) in [6.07, 6.45) is 6.16. The van der Waals surface area contributed by atoms with Crippen LogP contribution in [0.2, 0.25) is 0 Å². The Kier molecular flexibility index (Phi) is 4.60. The number of cyclic esters (lactones) is 1. The first-order valence-electron chi connectivity index (χ1n) is 8.55. The lowest BCUT2D eigenvalue weighted by Gasteiger charge is -2.11. The van der Waals surface area contributed by atoms with Crippen molar-refractivity contribution in [3.63, 3.8) is 0 Å². The molecule has 2 aromatic carbocycles. The molecule has 0 unspecified atom stereocenters. The minimum Gasteiger partial charge on any atom is -0.454 e. The molecule has 0 spiro atoms. The number of carbonyl (C=O) groups is 1. The molecular weight excluding hydrogens is 330 g/mol. The Balaban J connectivity index is 1.33. The van der Waals surface area contributed by atoms with E-state index in [9.17, 15) is 4.79 Å². The number of nitrogens with zero attached hydrogens (tertiary/aromatic N) is 1. The van der Waals surface area contributed by atoms with Gasteiger partial charge in [-0.2, -0.15) is 0 Å². The Morgan fingerprint density at radius 1 is 1.04 bits per heavy atom. The zero-order chi connectivity index (χ0) is 17.8. The van der Waals surface area contributed by atoms with E-state index in [1.54, 1.807) is 4.90 Å². The van der Waals surface area contributed by atoms with Crippen LogP contribution >= 0.6 is 0 Å². The average molecular weight is 349 g/mol. The van der Waals surface area contributed by atoms with Crippen LogP contribution in [0.3, 0.4) is 0 Å². The van der Waals surface area contributed by atoms with Gasteiger partial charge in [0.05, 0.1) is 6.54 Å². The number of benzene rings is 2. The van der Waals surface area contributed by atoms with Crippen LogP contribution in [0.5, 0.6) is 11.5 Å². The first-order chi connectivity index (χ1) is 12.8. The molecule has 0 aromatic heterocycles. The van der Waals surface area contributed by atoms with E-state index in [4.69, 9.17) is 14.2 Å². The summed E-state index contributed by atoms with van der Waals surface area (Å²) < 4.78 is 16.0. The molecule has 4 rings (SSSR count). The van der Waals surface area contributed by atoms with Crippen molar-refractivity contribution < 1.29 is 19.0 Å². The average Bonchev–Trinajstić information content (AvgIpc) is 3.26. The molecule has 26 heavy (non-hydrogen) atoms. The van der Waals surface area contributed by atoms with Crippen molar-refractivity contribution in [3.8, 4) is 11.5 Å². The quantitative estimate of drug-likeness (QED) is 0.818. The molecule has 132 valence electrons. The third-order valence-corrected chi connectivity index (χ3v) is 4.30. The highest BCUT2D eigenvalue weighted by atomic mass is 16.7. The van der Waals surface area contributed by atoms with Gasteiger partial charge in [0.25, 0.3) is 0 Å². The van der Waals surface area contributed by atoms with Crippen molar-refractivity contribution in [2.75, 3.05) is 19.9 Å². The Morgan fingerprint density at radius 2 is 1.88 bits per heavy atom. The van der Waals surface area contributed by atoms with Gasteiger partial charge in [-0.05, 0) is 35.8 Å². The van der Waals surface area contributed by atoms with Crippen LogP contribution in [0.15, 0.2) is 66.4 Å². The molecule has 0 atom stereocenters. The molecule has 0 saturated carbocycles. The first-order valence-corrected chi connectivity index (χ1v) is 8.55. The Hall–Kier alpha value is -3.21. The fraction of sp³-hybridized carbons (Fsp3) is 0.190. The molecule has 5 nitrogen and oxygen atoms in total. The second kappa shape index (κ2) is 7.35. The van der Waals surface area contributed by atoms with Crippen molar-refractivity contribution in [2.24, 2.45) is 0 Å². The predicted molar refractivity (Wildman–Crippen MR) is 97.9 cm³/mol. The first kappa shape index (κ1) is 16.3. The van der Waals surface area contributed by atoms with Gasteiger partial charge in [-0.15, -0.1) is 0 Å². The van der Waals surface area contributed by atoms with Gasteiger partial charge in [-0.25, -0.2) is 4.79 Å². The SMILES string of the molecule is O=C1O/C(=C/C=C/c2ccccc2)CN1CCc1ccc2c(c1)OCO2. The lowest BCUT2D eigenvalue weighted by atomic mass is 10.1. The molecule has 1 amide bonds. The van der Waals surface area contributed by atoms with E-state index in [2.05, 4.69) is 0 Å². The topological polar surface area (TPSA) is 48.0 Å². The highest BCUT2D eigenvalue weighted by molar-refractivity contribution is 5.72. The smallest absolute Gasteiger partial charge is 0.415 e. The number of carbonyl (C=O) groups excluding carboxylic acids is 1. The molecule has 2 aromatic rings. The third kappa shape index (κ3) is 3.72. The second-order valence-corrected chi connectivity index (χ2v) is 6.13. The summed E-state index contributed by atoms with van der Waals surface area (Å²) in [7, 11) is 0. The van der Waals surface area contributed by atoms with Gasteiger partial charge in [-0.1, -0.05) is 48.6 Å². The zero-order valence-corrected chi connectivity index (χ0v) is 14.3. The fourth-order valence-corrected chi connectivity index (χ4v) is 2.91. The van der Waals surface area contributed by atoms with Gasteiger partial charge < -0.3 is 19.1 Å². The van der Waals surface area contributed by atoms with Gasteiger partial charge in [0.15, 0.2) is 11.5 Å². The second-order valence-electron chi connectivity index (χ2n) is 6.13. The maximum Gasteiger partial charge on any atom is 0.415 e. The zero-order valence-electron chi connectivity index (χ0n) is 14.3. The maximum atomic E-state index is 12.0. The van der Waals surface area contributed by atoms with Crippen molar-refractivity contribution in [1.82, 2.24) is 4.90 Å². The summed E-state index contributed by atoms with van der Waals surface area (Å²) in [5.74, 6) is 2.19. The van der Waals surface area contributed by atoms with Crippen LogP contribution in [0.1, 0.15) is 11.1 Å². The number of hydrogen-bond acceptors (Lipinski definition) is 4. The van der Waals surface area contributed by atoms with Gasteiger partial charge >= 0.3 is 6.09 Å². The highest BCUT2D eigenvalue weighted by Gasteiger charge is 2.26. The molecule has 2 heterocycles. The number of amides is 1. The number of hydrogen-bond donors (Lipinski definition) is 0. The van der Waals surface area contributed by atoms with Crippen molar-refractivity contribution in [1.29, 1.82) is 0 Å². The number of rotatable bonds is 5. The van der Waals surface area contributed by atoms with Crippen LogP contribution in [-0.2, 0) is 11.2 Å².